The average Bonchev–Trinajstić information content (AvgIpc) is 3.22. The second-order valence-corrected chi connectivity index (χ2v) is 11.4. The maximum Gasteiger partial charge on any atom is 0.0483 e. The molecule has 2 nitrogen and oxygen atoms in total. The van der Waals surface area contributed by atoms with Crippen molar-refractivity contribution in [3.8, 4) is 0 Å². The van der Waals surface area contributed by atoms with Gasteiger partial charge in [-0.2, -0.15) is 0 Å². The topological polar surface area (TPSA) is 30.9 Å². The molecule has 2 aliphatic carbocycles. The van der Waals surface area contributed by atoms with E-state index < -0.39 is 0 Å². The SMILES string of the molecule is Cc1ccccc1C(CCCC1CCC(N)CC1)c1cn(CC2CCCCC2)c2ccccc12. The van der Waals surface area contributed by atoms with Gasteiger partial charge in [0.25, 0.3) is 0 Å². The van der Waals surface area contributed by atoms with E-state index in [2.05, 4.69) is 66.2 Å². The van der Waals surface area contributed by atoms with Crippen LogP contribution in [0.1, 0.15) is 99.7 Å². The lowest BCUT2D eigenvalue weighted by Gasteiger charge is -2.27. The summed E-state index contributed by atoms with van der Waals surface area (Å²) in [7, 11) is 0. The first-order valence-corrected chi connectivity index (χ1v) is 14.1. The molecule has 0 saturated heterocycles. The van der Waals surface area contributed by atoms with Crippen molar-refractivity contribution in [2.75, 3.05) is 0 Å². The van der Waals surface area contributed by atoms with Gasteiger partial charge in [0.05, 0.1) is 0 Å². The number of fused-ring (bicyclic) bond motifs is 1. The van der Waals surface area contributed by atoms with Crippen molar-refractivity contribution < 1.29 is 0 Å². The number of para-hydroxylation sites is 1. The van der Waals surface area contributed by atoms with Gasteiger partial charge in [-0.3, -0.25) is 0 Å². The van der Waals surface area contributed by atoms with Crippen molar-refractivity contribution >= 4 is 10.9 Å². The molecule has 0 bridgehead atoms. The van der Waals surface area contributed by atoms with E-state index in [1.807, 2.05) is 0 Å². The van der Waals surface area contributed by atoms with E-state index in [1.54, 1.807) is 5.56 Å². The zero-order valence-electron chi connectivity index (χ0n) is 21.2. The summed E-state index contributed by atoms with van der Waals surface area (Å²) in [5.74, 6) is 2.20. The van der Waals surface area contributed by atoms with Crippen LogP contribution in [0.3, 0.4) is 0 Å². The van der Waals surface area contributed by atoms with Gasteiger partial charge in [-0.25, -0.2) is 0 Å². The lowest BCUT2D eigenvalue weighted by Crippen LogP contribution is -2.26. The third-order valence-corrected chi connectivity index (χ3v) is 8.93. The van der Waals surface area contributed by atoms with Crippen LogP contribution in [-0.2, 0) is 6.54 Å². The number of nitrogens with zero attached hydrogens (tertiary/aromatic N) is 1. The average molecular weight is 457 g/mol. The quantitative estimate of drug-likeness (QED) is 0.363. The Labute approximate surface area is 206 Å². The zero-order chi connectivity index (χ0) is 23.3. The molecule has 34 heavy (non-hydrogen) atoms. The number of aryl methyl sites for hydroxylation is 1. The van der Waals surface area contributed by atoms with Gasteiger partial charge in [-0.15, -0.1) is 0 Å². The Kier molecular flexibility index (Phi) is 7.74. The van der Waals surface area contributed by atoms with Crippen molar-refractivity contribution in [2.24, 2.45) is 17.6 Å². The first-order chi connectivity index (χ1) is 16.7. The van der Waals surface area contributed by atoms with Gasteiger partial charge in [0.15, 0.2) is 0 Å². The summed E-state index contributed by atoms with van der Waals surface area (Å²) in [5.41, 5.74) is 12.1. The molecule has 2 aliphatic rings. The number of rotatable bonds is 8. The Morgan fingerprint density at radius 1 is 0.824 bits per heavy atom. The minimum atomic E-state index is 0.450. The molecule has 2 fully saturated rings. The number of aromatic nitrogens is 1. The third kappa shape index (κ3) is 5.43. The van der Waals surface area contributed by atoms with Gasteiger partial charge in [0.1, 0.15) is 0 Å². The Morgan fingerprint density at radius 3 is 2.35 bits per heavy atom. The minimum absolute atomic E-state index is 0.450. The highest BCUT2D eigenvalue weighted by Gasteiger charge is 2.24. The Morgan fingerprint density at radius 2 is 1.56 bits per heavy atom. The lowest BCUT2D eigenvalue weighted by molar-refractivity contribution is 0.302. The zero-order valence-corrected chi connectivity index (χ0v) is 21.2. The highest BCUT2D eigenvalue weighted by Crippen LogP contribution is 2.39. The molecular weight excluding hydrogens is 412 g/mol. The van der Waals surface area contributed by atoms with Crippen LogP contribution in [0.25, 0.3) is 10.9 Å². The largest absolute Gasteiger partial charge is 0.347 e. The molecule has 1 heterocycles. The molecule has 2 saturated carbocycles. The standard InChI is InChI=1S/C32H44N2/c1-24-10-5-6-14-28(24)29(16-9-13-25-18-20-27(33)21-19-25)31-23-34(22-26-11-3-2-4-12-26)32-17-8-7-15-30(31)32/h5-8,10,14-15,17,23,25-27,29H,2-4,9,11-13,16,18-22,33H2,1H3. The molecule has 2 N–H and O–H groups in total. The first kappa shape index (κ1) is 23.7. The van der Waals surface area contributed by atoms with E-state index in [1.165, 1.54) is 106 Å². The van der Waals surface area contributed by atoms with Crippen LogP contribution in [0.4, 0.5) is 0 Å². The fourth-order valence-electron chi connectivity index (χ4n) is 6.90. The molecule has 5 rings (SSSR count). The van der Waals surface area contributed by atoms with Gasteiger partial charge < -0.3 is 10.3 Å². The minimum Gasteiger partial charge on any atom is -0.347 e. The fraction of sp³-hybridized carbons (Fsp3) is 0.562. The van der Waals surface area contributed by atoms with Crippen molar-refractivity contribution in [3.05, 3.63) is 71.4 Å². The second-order valence-electron chi connectivity index (χ2n) is 11.4. The van der Waals surface area contributed by atoms with E-state index in [0.29, 0.717) is 12.0 Å². The summed E-state index contributed by atoms with van der Waals surface area (Å²) in [6.45, 7) is 3.48. The second kappa shape index (κ2) is 11.1. The molecule has 182 valence electrons. The van der Waals surface area contributed by atoms with Gasteiger partial charge in [-0.1, -0.05) is 74.6 Å². The van der Waals surface area contributed by atoms with Gasteiger partial charge >= 0.3 is 0 Å². The highest BCUT2D eigenvalue weighted by molar-refractivity contribution is 5.85. The number of hydrogen-bond donors (Lipinski definition) is 1. The molecule has 1 unspecified atom stereocenters. The van der Waals surface area contributed by atoms with E-state index in [4.69, 9.17) is 5.73 Å². The third-order valence-electron chi connectivity index (χ3n) is 8.93. The molecule has 0 spiro atoms. The van der Waals surface area contributed by atoms with Crippen molar-refractivity contribution in [3.63, 3.8) is 0 Å². The maximum absolute atomic E-state index is 6.16. The summed E-state index contributed by atoms with van der Waals surface area (Å²) in [6, 6.07) is 18.7. The number of benzene rings is 2. The molecule has 0 radical (unpaired) electrons. The van der Waals surface area contributed by atoms with Crippen LogP contribution < -0.4 is 5.73 Å². The van der Waals surface area contributed by atoms with Crippen molar-refractivity contribution in [2.45, 2.75) is 102 Å². The molecule has 0 aliphatic heterocycles. The number of hydrogen-bond acceptors (Lipinski definition) is 1. The highest BCUT2D eigenvalue weighted by atomic mass is 15.0. The van der Waals surface area contributed by atoms with Crippen molar-refractivity contribution in [1.29, 1.82) is 0 Å². The summed E-state index contributed by atoms with van der Waals surface area (Å²) in [4.78, 5) is 0. The summed E-state index contributed by atoms with van der Waals surface area (Å²) in [5, 5.41) is 1.47. The smallest absolute Gasteiger partial charge is 0.0483 e. The van der Waals surface area contributed by atoms with E-state index in [-0.39, 0.29) is 0 Å². The van der Waals surface area contributed by atoms with Crippen LogP contribution in [-0.4, -0.2) is 10.6 Å². The molecular formula is C32H44N2. The molecule has 2 heteroatoms. The van der Waals surface area contributed by atoms with E-state index in [0.717, 1.165) is 11.8 Å². The first-order valence-electron chi connectivity index (χ1n) is 14.1. The van der Waals surface area contributed by atoms with Crippen LogP contribution >= 0.6 is 0 Å². The van der Waals surface area contributed by atoms with Crippen LogP contribution in [0.15, 0.2) is 54.7 Å². The van der Waals surface area contributed by atoms with Crippen molar-refractivity contribution in [1.82, 2.24) is 4.57 Å². The van der Waals surface area contributed by atoms with E-state index in [9.17, 15) is 0 Å². The number of nitrogens with two attached hydrogens (primary N) is 1. The predicted molar refractivity (Wildman–Crippen MR) is 145 cm³/mol. The molecule has 1 aromatic heterocycles. The maximum atomic E-state index is 6.16. The van der Waals surface area contributed by atoms with Crippen LogP contribution in [0.5, 0.6) is 0 Å². The van der Waals surface area contributed by atoms with Crippen LogP contribution in [0, 0.1) is 18.8 Å². The molecule has 0 amide bonds. The normalized spacial score (nSPS) is 22.8. The lowest BCUT2D eigenvalue weighted by atomic mass is 9.80. The van der Waals surface area contributed by atoms with E-state index >= 15 is 0 Å². The molecule has 1 atom stereocenters. The summed E-state index contributed by atoms with van der Waals surface area (Å²) < 4.78 is 2.61. The summed E-state index contributed by atoms with van der Waals surface area (Å²) in [6.07, 6.45) is 18.6. The Bertz CT molecular complexity index is 1050. The Hall–Kier alpha value is -2.06. The predicted octanol–water partition coefficient (Wildman–Crippen LogP) is 8.35. The van der Waals surface area contributed by atoms with Crippen LogP contribution in [0.2, 0.25) is 0 Å². The molecule has 2 aromatic carbocycles. The van der Waals surface area contributed by atoms with Gasteiger partial charge in [-0.05, 0) is 86.5 Å². The van der Waals surface area contributed by atoms with Gasteiger partial charge in [0, 0.05) is 35.6 Å². The van der Waals surface area contributed by atoms with Gasteiger partial charge in [0.2, 0.25) is 0 Å². The Balaban J connectivity index is 1.42. The monoisotopic (exact) mass is 456 g/mol. The fourth-order valence-corrected chi connectivity index (χ4v) is 6.90. The molecule has 3 aromatic rings. The summed E-state index contributed by atoms with van der Waals surface area (Å²) >= 11 is 0.